The lowest BCUT2D eigenvalue weighted by atomic mass is 9.47. The Kier molecular flexibility index (Phi) is 6.44. The van der Waals surface area contributed by atoms with E-state index in [2.05, 4.69) is 40.3 Å². The number of carbonyl (C=O) groups excluding carboxylic acids is 2. The first kappa shape index (κ1) is 27.1. The maximum Gasteiger partial charge on any atom is 0.303 e. The number of esters is 1. The predicted octanol–water partition coefficient (Wildman–Crippen LogP) is 3.55. The zero-order valence-corrected chi connectivity index (χ0v) is 24.1. The van der Waals surface area contributed by atoms with Crippen LogP contribution < -0.4 is 15.0 Å². The standard InChI is InChI=1S/C31H36ClN3O5/c1-5-29-12-7-14-35-15-13-30(26(29)35)23-11-10-22(39-4)17-24(23)34(3)27(30)31(38,28(29)40-19(2)36)18-33-25(37)20-8-6-9-21(32)16-20/h6-12,16-17,26-28,38H,5,13-15,18H2,1-4H3,(H,33,37)/t26?,27-,28-,29-,30-,31?/m1/s1. The molecule has 2 unspecified atom stereocenters. The number of amides is 1. The number of carbonyl (C=O) groups is 2. The third-order valence-corrected chi connectivity index (χ3v) is 10.1. The molecule has 4 aliphatic rings. The molecule has 1 aliphatic carbocycles. The number of hydrogen-bond acceptors (Lipinski definition) is 7. The number of benzene rings is 2. The van der Waals surface area contributed by atoms with E-state index < -0.39 is 34.5 Å². The van der Waals surface area contributed by atoms with Gasteiger partial charge in [0, 0.05) is 59.7 Å². The Hall–Kier alpha value is -3.07. The number of methoxy groups -OCH3 is 1. The SMILES string of the molecule is CC[C@]12C=CCN3CC[C@@]4(c5ccc(OC)cc5N(C)[C@H]4C(O)(CNC(=O)c4cccc(Cl)c4)[C@@H]1OC(C)=O)C32. The van der Waals surface area contributed by atoms with Crippen molar-refractivity contribution in [3.05, 3.63) is 70.8 Å². The highest BCUT2D eigenvalue weighted by Gasteiger charge is 2.77. The van der Waals surface area contributed by atoms with Crippen molar-refractivity contribution in [3.63, 3.8) is 0 Å². The van der Waals surface area contributed by atoms with Crippen LogP contribution in [0.25, 0.3) is 0 Å². The maximum atomic E-state index is 13.3. The molecule has 1 spiro atoms. The van der Waals surface area contributed by atoms with E-state index in [9.17, 15) is 14.7 Å². The average molecular weight is 566 g/mol. The van der Waals surface area contributed by atoms with Gasteiger partial charge in [0.1, 0.15) is 17.5 Å². The van der Waals surface area contributed by atoms with Gasteiger partial charge in [-0.3, -0.25) is 14.5 Å². The van der Waals surface area contributed by atoms with Gasteiger partial charge in [-0.2, -0.15) is 0 Å². The molecule has 2 fully saturated rings. The fourth-order valence-corrected chi connectivity index (χ4v) is 8.79. The first-order chi connectivity index (χ1) is 19.1. The molecule has 0 bridgehead atoms. The summed E-state index contributed by atoms with van der Waals surface area (Å²) in [7, 11) is 3.62. The summed E-state index contributed by atoms with van der Waals surface area (Å²) in [5.74, 6) is -0.0882. The number of anilines is 1. The molecular formula is C31H36ClN3O5. The summed E-state index contributed by atoms with van der Waals surface area (Å²) >= 11 is 6.15. The highest BCUT2D eigenvalue weighted by molar-refractivity contribution is 6.30. The van der Waals surface area contributed by atoms with Crippen molar-refractivity contribution >= 4 is 29.2 Å². The van der Waals surface area contributed by atoms with Crippen molar-refractivity contribution in [1.29, 1.82) is 0 Å². The molecule has 1 amide bonds. The predicted molar refractivity (Wildman–Crippen MR) is 153 cm³/mol. The molecule has 212 valence electrons. The number of hydrogen-bond donors (Lipinski definition) is 2. The number of ether oxygens (including phenoxy) is 2. The molecule has 3 aliphatic heterocycles. The summed E-state index contributed by atoms with van der Waals surface area (Å²) in [6, 6.07) is 12.3. The number of halogens is 1. The largest absolute Gasteiger partial charge is 0.497 e. The second-order valence-electron chi connectivity index (χ2n) is 11.6. The first-order valence-electron chi connectivity index (χ1n) is 13.9. The van der Waals surface area contributed by atoms with Gasteiger partial charge in [0.15, 0.2) is 0 Å². The van der Waals surface area contributed by atoms with Crippen LogP contribution in [0.1, 0.15) is 42.6 Å². The third kappa shape index (κ3) is 3.58. The summed E-state index contributed by atoms with van der Waals surface area (Å²) in [4.78, 5) is 30.6. The van der Waals surface area contributed by atoms with Crippen LogP contribution in [-0.2, 0) is 14.9 Å². The van der Waals surface area contributed by atoms with Gasteiger partial charge < -0.3 is 24.8 Å². The van der Waals surface area contributed by atoms with Gasteiger partial charge in [0.2, 0.25) is 0 Å². The van der Waals surface area contributed by atoms with Gasteiger partial charge in [-0.1, -0.05) is 42.8 Å². The van der Waals surface area contributed by atoms with Gasteiger partial charge in [-0.05, 0) is 49.2 Å². The Morgan fingerprint density at radius 1 is 1.20 bits per heavy atom. The summed E-state index contributed by atoms with van der Waals surface area (Å²) in [5, 5.41) is 16.5. The van der Waals surface area contributed by atoms with Gasteiger partial charge in [0.25, 0.3) is 5.91 Å². The van der Waals surface area contributed by atoms with Crippen LogP contribution in [0.2, 0.25) is 5.02 Å². The molecule has 3 heterocycles. The highest BCUT2D eigenvalue weighted by atomic mass is 35.5. The monoisotopic (exact) mass is 565 g/mol. The quantitative estimate of drug-likeness (QED) is 0.409. The van der Waals surface area contributed by atoms with Crippen molar-refractivity contribution in [3.8, 4) is 5.75 Å². The number of aliphatic hydroxyl groups is 1. The lowest BCUT2D eigenvalue weighted by molar-refractivity contribution is -0.216. The van der Waals surface area contributed by atoms with E-state index in [1.54, 1.807) is 31.4 Å². The van der Waals surface area contributed by atoms with E-state index in [0.717, 1.165) is 36.5 Å². The van der Waals surface area contributed by atoms with Crippen LogP contribution in [0.15, 0.2) is 54.6 Å². The lowest BCUT2D eigenvalue weighted by Gasteiger charge is -2.64. The molecule has 6 rings (SSSR count). The molecule has 2 aromatic rings. The van der Waals surface area contributed by atoms with Gasteiger partial charge in [-0.15, -0.1) is 0 Å². The Bertz CT molecular complexity index is 1400. The van der Waals surface area contributed by atoms with Crippen molar-refractivity contribution in [2.75, 3.05) is 38.7 Å². The third-order valence-electron chi connectivity index (χ3n) is 9.84. The Morgan fingerprint density at radius 2 is 2.00 bits per heavy atom. The molecular weight excluding hydrogens is 530 g/mol. The van der Waals surface area contributed by atoms with E-state index in [0.29, 0.717) is 17.0 Å². The van der Waals surface area contributed by atoms with Gasteiger partial charge in [0.05, 0.1) is 19.7 Å². The van der Waals surface area contributed by atoms with Crippen molar-refractivity contribution in [2.45, 2.75) is 55.9 Å². The zero-order chi connectivity index (χ0) is 28.4. The van der Waals surface area contributed by atoms with Crippen LogP contribution in [0.4, 0.5) is 5.69 Å². The van der Waals surface area contributed by atoms with Crippen molar-refractivity contribution in [1.82, 2.24) is 10.2 Å². The van der Waals surface area contributed by atoms with E-state index >= 15 is 0 Å². The topological polar surface area (TPSA) is 91.3 Å². The Labute approximate surface area is 239 Å². The van der Waals surface area contributed by atoms with Gasteiger partial charge >= 0.3 is 5.97 Å². The van der Waals surface area contributed by atoms with Crippen molar-refractivity contribution in [2.24, 2.45) is 5.41 Å². The first-order valence-corrected chi connectivity index (χ1v) is 14.3. The average Bonchev–Trinajstić information content (AvgIpc) is 3.46. The summed E-state index contributed by atoms with van der Waals surface area (Å²) in [5.41, 5.74) is -0.245. The molecule has 1 saturated heterocycles. The smallest absolute Gasteiger partial charge is 0.303 e. The molecule has 8 nitrogen and oxygen atoms in total. The fraction of sp³-hybridized carbons (Fsp3) is 0.484. The van der Waals surface area contributed by atoms with Crippen LogP contribution in [0, 0.1) is 5.41 Å². The summed E-state index contributed by atoms with van der Waals surface area (Å²) in [6.07, 6.45) is 4.87. The van der Waals surface area contributed by atoms with Crippen LogP contribution >= 0.6 is 11.6 Å². The minimum Gasteiger partial charge on any atom is -0.497 e. The molecule has 2 N–H and O–H groups in total. The minimum absolute atomic E-state index is 0.00893. The number of nitrogens with zero attached hydrogens (tertiary/aromatic N) is 2. The fourth-order valence-electron chi connectivity index (χ4n) is 8.60. The van der Waals surface area contributed by atoms with Gasteiger partial charge in [-0.25, -0.2) is 0 Å². The summed E-state index contributed by atoms with van der Waals surface area (Å²) in [6.45, 7) is 5.01. The minimum atomic E-state index is -1.63. The van der Waals surface area contributed by atoms with E-state index in [1.807, 2.05) is 19.2 Å². The molecule has 2 aromatic carbocycles. The maximum absolute atomic E-state index is 13.3. The van der Waals surface area contributed by atoms with Crippen molar-refractivity contribution < 1.29 is 24.2 Å². The molecule has 40 heavy (non-hydrogen) atoms. The van der Waals surface area contributed by atoms with E-state index in [1.165, 1.54) is 6.92 Å². The second-order valence-corrected chi connectivity index (χ2v) is 12.1. The zero-order valence-electron chi connectivity index (χ0n) is 23.3. The van der Waals surface area contributed by atoms with Crippen LogP contribution in [0.5, 0.6) is 5.75 Å². The molecule has 6 atom stereocenters. The number of fused-ring (bicyclic) bond motifs is 1. The lowest BCUT2D eigenvalue weighted by Crippen LogP contribution is -2.81. The Morgan fingerprint density at radius 3 is 2.70 bits per heavy atom. The number of nitrogens with one attached hydrogen (secondary N) is 1. The normalized spacial score (nSPS) is 33.6. The van der Waals surface area contributed by atoms with Crippen LogP contribution in [-0.4, -0.2) is 79.5 Å². The van der Waals surface area contributed by atoms with E-state index in [-0.39, 0.29) is 18.5 Å². The number of rotatable bonds is 6. The summed E-state index contributed by atoms with van der Waals surface area (Å²) < 4.78 is 11.7. The van der Waals surface area contributed by atoms with E-state index in [4.69, 9.17) is 21.1 Å². The molecule has 0 aromatic heterocycles. The molecule has 0 radical (unpaired) electrons. The number of likely N-dealkylation sites (N-methyl/N-ethyl adjacent to an activating group) is 1. The highest BCUT2D eigenvalue weighted by Crippen LogP contribution is 2.67. The molecule has 1 saturated carbocycles. The van der Waals surface area contributed by atoms with Crippen LogP contribution in [0.3, 0.4) is 0 Å². The second kappa shape index (κ2) is 9.50. The Balaban J connectivity index is 1.54. The molecule has 9 heteroatoms.